The van der Waals surface area contributed by atoms with Gasteiger partial charge in [0.15, 0.2) is 0 Å². The molecular formula is C21H22O3. The minimum Gasteiger partial charge on any atom is -0.507 e. The molecule has 0 unspecified atom stereocenters. The molecule has 2 aliphatic carbocycles. The van der Waals surface area contributed by atoms with Gasteiger partial charge in [-0.25, -0.2) is 0 Å². The van der Waals surface area contributed by atoms with Crippen molar-refractivity contribution in [2.24, 2.45) is 5.92 Å². The van der Waals surface area contributed by atoms with Crippen LogP contribution < -0.4 is 4.74 Å². The number of phenols is 1. The van der Waals surface area contributed by atoms with Gasteiger partial charge in [0.2, 0.25) is 5.78 Å². The Kier molecular flexibility index (Phi) is 3.60. The number of hydrogen-bond acceptors (Lipinski definition) is 3. The lowest BCUT2D eigenvalue weighted by molar-refractivity contribution is 0.102. The summed E-state index contributed by atoms with van der Waals surface area (Å²) in [4.78, 5) is 13.1. The van der Waals surface area contributed by atoms with Crippen molar-refractivity contribution in [1.82, 2.24) is 0 Å². The molecule has 0 aromatic heterocycles. The van der Waals surface area contributed by atoms with Gasteiger partial charge in [0.25, 0.3) is 0 Å². The summed E-state index contributed by atoms with van der Waals surface area (Å²) in [5.74, 6) is 1.37. The number of aromatic hydroxyl groups is 1. The van der Waals surface area contributed by atoms with Gasteiger partial charge in [0.05, 0.1) is 18.2 Å². The van der Waals surface area contributed by atoms with E-state index in [1.807, 2.05) is 18.2 Å². The second kappa shape index (κ2) is 5.66. The lowest BCUT2D eigenvalue weighted by atomic mass is 9.76. The van der Waals surface area contributed by atoms with E-state index in [1.165, 1.54) is 5.56 Å². The van der Waals surface area contributed by atoms with Crippen LogP contribution in [0.1, 0.15) is 57.9 Å². The Balaban J connectivity index is 1.87. The number of ether oxygens (including phenoxy) is 1. The summed E-state index contributed by atoms with van der Waals surface area (Å²) in [6.07, 6.45) is 4.79. The van der Waals surface area contributed by atoms with Crippen molar-refractivity contribution in [3.8, 4) is 11.5 Å². The number of carbonyl (C=O) groups is 1. The molecule has 1 N–H and O–H groups in total. The summed E-state index contributed by atoms with van der Waals surface area (Å²) in [5.41, 5.74) is 5.22. The smallest absolute Gasteiger partial charge is 0.201 e. The maximum absolute atomic E-state index is 13.1. The minimum atomic E-state index is -0.110. The predicted octanol–water partition coefficient (Wildman–Crippen LogP) is 4.05. The first-order chi connectivity index (χ1) is 11.6. The number of carbonyl (C=O) groups excluding carboxylic acids is 1. The fourth-order valence-electron chi connectivity index (χ4n) is 4.27. The standard InChI is InChI=1S/C21H22O3/c1-3-12-7-8-16-14(9-12)11-15-10-13-5-4-6-17(24-2)18(13)21(23)19(15)20(16)22/h4-6,11-12,22H,3,7-10H2,1-2H3/t12-/m0/s1. The molecule has 0 fully saturated rings. The van der Waals surface area contributed by atoms with Gasteiger partial charge in [0.1, 0.15) is 11.5 Å². The van der Waals surface area contributed by atoms with Crippen LogP contribution in [0.5, 0.6) is 11.5 Å². The molecular weight excluding hydrogens is 300 g/mol. The highest BCUT2D eigenvalue weighted by atomic mass is 16.5. The molecule has 2 aromatic carbocycles. The zero-order valence-electron chi connectivity index (χ0n) is 14.2. The van der Waals surface area contributed by atoms with Crippen molar-refractivity contribution < 1.29 is 14.6 Å². The van der Waals surface area contributed by atoms with E-state index in [1.54, 1.807) is 7.11 Å². The SMILES string of the molecule is CC[C@H]1CCc2c(cc3c(c2O)C(=O)c2c(cccc2OC)C3)C1. The van der Waals surface area contributed by atoms with Crippen molar-refractivity contribution >= 4 is 5.78 Å². The summed E-state index contributed by atoms with van der Waals surface area (Å²) in [6.45, 7) is 2.22. The molecule has 0 radical (unpaired) electrons. The van der Waals surface area contributed by atoms with Gasteiger partial charge < -0.3 is 9.84 Å². The molecule has 2 aliphatic rings. The van der Waals surface area contributed by atoms with Crippen LogP contribution in [0.2, 0.25) is 0 Å². The summed E-state index contributed by atoms with van der Waals surface area (Å²) in [5, 5.41) is 10.8. The first-order valence-electron chi connectivity index (χ1n) is 8.71. The Morgan fingerprint density at radius 2 is 2.04 bits per heavy atom. The van der Waals surface area contributed by atoms with Crippen LogP contribution in [-0.4, -0.2) is 18.0 Å². The molecule has 2 aromatic rings. The Labute approximate surface area is 142 Å². The zero-order valence-corrected chi connectivity index (χ0v) is 14.2. The maximum atomic E-state index is 13.1. The zero-order chi connectivity index (χ0) is 16.8. The summed E-state index contributed by atoms with van der Waals surface area (Å²) in [6, 6.07) is 7.86. The third-order valence-electron chi connectivity index (χ3n) is 5.64. The molecule has 0 heterocycles. The van der Waals surface area contributed by atoms with Crippen molar-refractivity contribution in [3.05, 3.63) is 57.6 Å². The normalized spacial score (nSPS) is 18.6. The average Bonchev–Trinajstić information content (AvgIpc) is 2.60. The van der Waals surface area contributed by atoms with Crippen LogP contribution in [0.3, 0.4) is 0 Å². The molecule has 0 amide bonds. The molecule has 0 saturated carbocycles. The average molecular weight is 322 g/mol. The second-order valence-corrected chi connectivity index (χ2v) is 6.91. The van der Waals surface area contributed by atoms with Crippen molar-refractivity contribution in [3.63, 3.8) is 0 Å². The van der Waals surface area contributed by atoms with E-state index < -0.39 is 0 Å². The van der Waals surface area contributed by atoms with Gasteiger partial charge in [0, 0.05) is 0 Å². The van der Waals surface area contributed by atoms with Crippen molar-refractivity contribution in [1.29, 1.82) is 0 Å². The lowest BCUT2D eigenvalue weighted by Gasteiger charge is -2.29. The highest BCUT2D eigenvalue weighted by Gasteiger charge is 2.32. The number of hydrogen-bond donors (Lipinski definition) is 1. The van der Waals surface area contributed by atoms with Gasteiger partial charge in [-0.1, -0.05) is 31.5 Å². The summed E-state index contributed by atoms with van der Waals surface area (Å²) < 4.78 is 5.38. The number of methoxy groups -OCH3 is 1. The van der Waals surface area contributed by atoms with Crippen LogP contribution >= 0.6 is 0 Å². The molecule has 1 atom stereocenters. The molecule has 0 spiro atoms. The van der Waals surface area contributed by atoms with Gasteiger partial charge in [-0.15, -0.1) is 0 Å². The third kappa shape index (κ3) is 2.15. The van der Waals surface area contributed by atoms with E-state index in [-0.39, 0.29) is 11.5 Å². The highest BCUT2D eigenvalue weighted by Crippen LogP contribution is 2.42. The third-order valence-corrected chi connectivity index (χ3v) is 5.64. The Hall–Kier alpha value is -2.29. The van der Waals surface area contributed by atoms with Gasteiger partial charge >= 0.3 is 0 Å². The predicted molar refractivity (Wildman–Crippen MR) is 93.1 cm³/mol. The van der Waals surface area contributed by atoms with Crippen LogP contribution in [0.25, 0.3) is 0 Å². The Morgan fingerprint density at radius 3 is 2.79 bits per heavy atom. The van der Waals surface area contributed by atoms with E-state index in [9.17, 15) is 9.90 Å². The molecule has 124 valence electrons. The summed E-state index contributed by atoms with van der Waals surface area (Å²) in [7, 11) is 1.58. The largest absolute Gasteiger partial charge is 0.507 e. The van der Waals surface area contributed by atoms with Crippen LogP contribution in [-0.2, 0) is 19.3 Å². The van der Waals surface area contributed by atoms with E-state index >= 15 is 0 Å². The van der Waals surface area contributed by atoms with E-state index in [4.69, 9.17) is 4.74 Å². The molecule has 0 saturated heterocycles. The van der Waals surface area contributed by atoms with Crippen LogP contribution in [0, 0.1) is 5.92 Å². The first kappa shape index (κ1) is 15.3. The molecule has 4 rings (SSSR count). The highest BCUT2D eigenvalue weighted by molar-refractivity contribution is 6.15. The topological polar surface area (TPSA) is 46.5 Å². The van der Waals surface area contributed by atoms with E-state index in [0.717, 1.165) is 42.4 Å². The molecule has 24 heavy (non-hydrogen) atoms. The van der Waals surface area contributed by atoms with Gasteiger partial charge in [-0.2, -0.15) is 0 Å². The monoisotopic (exact) mass is 322 g/mol. The quantitative estimate of drug-likeness (QED) is 0.774. The fourth-order valence-corrected chi connectivity index (χ4v) is 4.27. The minimum absolute atomic E-state index is 0.110. The van der Waals surface area contributed by atoms with Crippen LogP contribution in [0.15, 0.2) is 24.3 Å². The first-order valence-corrected chi connectivity index (χ1v) is 8.71. The number of ketones is 1. The van der Waals surface area contributed by atoms with Gasteiger partial charge in [-0.3, -0.25) is 4.79 Å². The second-order valence-electron chi connectivity index (χ2n) is 6.91. The van der Waals surface area contributed by atoms with Crippen molar-refractivity contribution in [2.75, 3.05) is 7.11 Å². The Morgan fingerprint density at radius 1 is 1.21 bits per heavy atom. The van der Waals surface area contributed by atoms with E-state index in [2.05, 4.69) is 13.0 Å². The van der Waals surface area contributed by atoms with Crippen LogP contribution in [0.4, 0.5) is 0 Å². The molecule has 3 heteroatoms. The molecule has 0 aliphatic heterocycles. The maximum Gasteiger partial charge on any atom is 0.201 e. The molecule has 0 bridgehead atoms. The molecule has 3 nitrogen and oxygen atoms in total. The number of phenolic OH excluding ortho intramolecular Hbond substituents is 1. The lowest BCUT2D eigenvalue weighted by Crippen LogP contribution is -2.20. The van der Waals surface area contributed by atoms with E-state index in [0.29, 0.717) is 29.2 Å². The summed E-state index contributed by atoms with van der Waals surface area (Å²) >= 11 is 0. The van der Waals surface area contributed by atoms with Gasteiger partial charge in [-0.05, 0) is 59.9 Å². The number of fused-ring (bicyclic) bond motifs is 3. The fraction of sp³-hybridized carbons (Fsp3) is 0.381. The van der Waals surface area contributed by atoms with Crippen molar-refractivity contribution in [2.45, 2.75) is 39.0 Å². The Bertz CT molecular complexity index is 835. The number of rotatable bonds is 2. The number of benzene rings is 2.